The summed E-state index contributed by atoms with van der Waals surface area (Å²) in [5.74, 6) is 0. The normalized spacial score (nSPS) is 10.3. The third-order valence-corrected chi connectivity index (χ3v) is 1.23. The fourth-order valence-electron chi connectivity index (χ4n) is 0.675. The monoisotopic (exact) mass is 164 g/mol. The number of halogens is 1. The Morgan fingerprint density at radius 2 is 2.30 bits per heavy atom. The largest absolute Gasteiger partial charge is 0.392 e. The van der Waals surface area contributed by atoms with Crippen molar-refractivity contribution < 1.29 is 4.39 Å². The zero-order valence-electron chi connectivity index (χ0n) is 6.14. The smallest absolute Gasteiger partial charge is 0.0906 e. The summed E-state index contributed by atoms with van der Waals surface area (Å²) >= 11 is 4.66. The molecular formula is C6H13FN2S. The van der Waals surface area contributed by atoms with Crippen LogP contribution < -0.4 is 5.73 Å². The van der Waals surface area contributed by atoms with Gasteiger partial charge in [0, 0.05) is 13.1 Å². The fourth-order valence-corrected chi connectivity index (χ4v) is 0.895. The maximum absolute atomic E-state index is 11.6. The third-order valence-electron chi connectivity index (χ3n) is 1.10. The zero-order valence-corrected chi connectivity index (χ0v) is 6.96. The second kappa shape index (κ2) is 5.56. The van der Waals surface area contributed by atoms with Gasteiger partial charge in [-0.3, -0.25) is 9.29 Å². The molecule has 0 aromatic heterocycles. The van der Waals surface area contributed by atoms with Gasteiger partial charge in [-0.15, -0.1) is 0 Å². The summed E-state index contributed by atoms with van der Waals surface area (Å²) in [6.07, 6.45) is 0.555. The number of thiocarbonyl (C=S) groups is 1. The van der Waals surface area contributed by atoms with Crippen molar-refractivity contribution in [2.45, 2.75) is 6.42 Å². The average molecular weight is 164 g/mol. The van der Waals surface area contributed by atoms with E-state index >= 15 is 0 Å². The number of nitrogens with two attached hydrogens (primary N) is 1. The van der Waals surface area contributed by atoms with Crippen molar-refractivity contribution in [3.05, 3.63) is 0 Å². The van der Waals surface area contributed by atoms with E-state index in [4.69, 9.17) is 5.73 Å². The quantitative estimate of drug-likeness (QED) is 0.602. The van der Waals surface area contributed by atoms with E-state index in [2.05, 4.69) is 12.2 Å². The molecule has 60 valence electrons. The van der Waals surface area contributed by atoms with Gasteiger partial charge in [0.2, 0.25) is 0 Å². The summed E-state index contributed by atoms with van der Waals surface area (Å²) in [7, 11) is 1.87. The minimum Gasteiger partial charge on any atom is -0.392 e. The maximum Gasteiger partial charge on any atom is 0.0906 e. The molecule has 2 nitrogen and oxygen atoms in total. The molecule has 0 unspecified atom stereocenters. The van der Waals surface area contributed by atoms with Crippen LogP contribution in [-0.4, -0.2) is 36.7 Å². The third kappa shape index (κ3) is 5.91. The molecule has 2 N–H and O–H groups in total. The molecule has 0 heterocycles. The first-order valence-electron chi connectivity index (χ1n) is 3.19. The van der Waals surface area contributed by atoms with Gasteiger partial charge in [-0.25, -0.2) is 0 Å². The van der Waals surface area contributed by atoms with Crippen LogP contribution in [0.3, 0.4) is 0 Å². The molecule has 0 saturated heterocycles. The number of alkyl halides is 1. The first-order chi connectivity index (χ1) is 4.66. The van der Waals surface area contributed by atoms with Crippen LogP contribution in [0.1, 0.15) is 6.42 Å². The number of hydrogen-bond acceptors (Lipinski definition) is 2. The summed E-state index contributed by atoms with van der Waals surface area (Å²) in [4.78, 5) is 2.36. The lowest BCUT2D eigenvalue weighted by Gasteiger charge is -2.13. The molecule has 0 rings (SSSR count). The Labute approximate surface area is 66.2 Å². The Hall–Kier alpha value is -0.220. The van der Waals surface area contributed by atoms with E-state index in [1.165, 1.54) is 0 Å². The van der Waals surface area contributed by atoms with Gasteiger partial charge < -0.3 is 5.73 Å². The Morgan fingerprint density at radius 3 is 2.70 bits per heavy atom. The van der Waals surface area contributed by atoms with Gasteiger partial charge in [-0.05, 0) is 13.5 Å². The van der Waals surface area contributed by atoms with Crippen LogP contribution in [0.5, 0.6) is 0 Å². The van der Waals surface area contributed by atoms with Crippen molar-refractivity contribution in [2.75, 3.05) is 26.8 Å². The molecule has 0 radical (unpaired) electrons. The summed E-state index contributed by atoms with van der Waals surface area (Å²) < 4.78 is 11.6. The highest BCUT2D eigenvalue weighted by molar-refractivity contribution is 7.80. The van der Waals surface area contributed by atoms with Crippen LogP contribution >= 0.6 is 12.2 Å². The van der Waals surface area contributed by atoms with Crippen molar-refractivity contribution in [1.29, 1.82) is 0 Å². The van der Waals surface area contributed by atoms with E-state index in [1.807, 2.05) is 11.9 Å². The Morgan fingerprint density at radius 1 is 1.70 bits per heavy atom. The average Bonchev–Trinajstić information content (AvgIpc) is 1.82. The van der Waals surface area contributed by atoms with E-state index in [9.17, 15) is 4.39 Å². The highest BCUT2D eigenvalue weighted by Gasteiger charge is 1.97. The van der Waals surface area contributed by atoms with E-state index < -0.39 is 0 Å². The molecule has 0 saturated carbocycles. The van der Waals surface area contributed by atoms with Crippen LogP contribution in [0, 0.1) is 0 Å². The first kappa shape index (κ1) is 9.78. The standard InChI is InChI=1S/C6H13FN2S/c1-9(4-2-3-7)5-6(8)10/h2-5H2,1H3,(H2,8,10). The summed E-state index contributed by atoms with van der Waals surface area (Å²) in [5.41, 5.74) is 5.26. The van der Waals surface area contributed by atoms with Crippen LogP contribution in [0.4, 0.5) is 4.39 Å². The Bertz CT molecular complexity index is 108. The second-order valence-electron chi connectivity index (χ2n) is 2.25. The molecule has 0 bridgehead atoms. The van der Waals surface area contributed by atoms with E-state index in [1.54, 1.807) is 0 Å². The predicted octanol–water partition coefficient (Wildman–Crippen LogP) is 0.564. The molecule has 0 aliphatic rings. The lowest BCUT2D eigenvalue weighted by molar-refractivity contribution is 0.343. The van der Waals surface area contributed by atoms with E-state index in [0.29, 0.717) is 24.5 Å². The highest BCUT2D eigenvalue weighted by Crippen LogP contribution is 1.87. The number of likely N-dealkylation sites (N-methyl/N-ethyl adjacent to an activating group) is 1. The van der Waals surface area contributed by atoms with Gasteiger partial charge in [0.25, 0.3) is 0 Å². The summed E-state index contributed by atoms with van der Waals surface area (Å²) in [6.45, 7) is 1.02. The second-order valence-corrected chi connectivity index (χ2v) is 2.77. The lowest BCUT2D eigenvalue weighted by Crippen LogP contribution is -2.30. The number of rotatable bonds is 5. The fraction of sp³-hybridized carbons (Fsp3) is 0.833. The minimum atomic E-state index is -0.276. The van der Waals surface area contributed by atoms with Gasteiger partial charge in [-0.1, -0.05) is 12.2 Å². The Kier molecular flexibility index (Phi) is 5.43. The van der Waals surface area contributed by atoms with Gasteiger partial charge in [-0.2, -0.15) is 0 Å². The summed E-state index contributed by atoms with van der Waals surface area (Å²) in [5, 5.41) is 0. The zero-order chi connectivity index (χ0) is 7.98. The molecule has 0 aromatic carbocycles. The molecule has 10 heavy (non-hydrogen) atoms. The predicted molar refractivity (Wildman–Crippen MR) is 44.9 cm³/mol. The van der Waals surface area contributed by atoms with Gasteiger partial charge >= 0.3 is 0 Å². The van der Waals surface area contributed by atoms with Gasteiger partial charge in [0.1, 0.15) is 0 Å². The van der Waals surface area contributed by atoms with Gasteiger partial charge in [0.05, 0.1) is 11.7 Å². The molecule has 4 heteroatoms. The number of hydrogen-bond donors (Lipinski definition) is 1. The highest BCUT2D eigenvalue weighted by atomic mass is 32.1. The molecule has 0 aliphatic carbocycles. The molecule has 0 atom stereocenters. The van der Waals surface area contributed by atoms with Crippen molar-refractivity contribution in [3.63, 3.8) is 0 Å². The van der Waals surface area contributed by atoms with Crippen LogP contribution in [0.25, 0.3) is 0 Å². The van der Waals surface area contributed by atoms with Crippen LogP contribution in [0.2, 0.25) is 0 Å². The Balaban J connectivity index is 3.25. The lowest BCUT2D eigenvalue weighted by atomic mass is 10.4. The van der Waals surface area contributed by atoms with Crippen molar-refractivity contribution in [1.82, 2.24) is 4.90 Å². The van der Waals surface area contributed by atoms with E-state index in [-0.39, 0.29) is 6.67 Å². The van der Waals surface area contributed by atoms with Crippen molar-refractivity contribution in [3.8, 4) is 0 Å². The van der Waals surface area contributed by atoms with Crippen LogP contribution in [-0.2, 0) is 0 Å². The number of nitrogens with zero attached hydrogens (tertiary/aromatic N) is 1. The molecule has 0 spiro atoms. The van der Waals surface area contributed by atoms with Crippen LogP contribution in [0.15, 0.2) is 0 Å². The topological polar surface area (TPSA) is 29.3 Å². The maximum atomic E-state index is 11.6. The molecule has 0 amide bonds. The first-order valence-corrected chi connectivity index (χ1v) is 3.60. The molecule has 0 fully saturated rings. The molecular weight excluding hydrogens is 151 g/mol. The van der Waals surface area contributed by atoms with Crippen molar-refractivity contribution in [2.24, 2.45) is 5.73 Å². The van der Waals surface area contributed by atoms with Crippen molar-refractivity contribution >= 4 is 17.2 Å². The summed E-state index contributed by atoms with van der Waals surface area (Å²) in [6, 6.07) is 0. The molecule has 0 aromatic rings. The minimum absolute atomic E-state index is 0.276. The van der Waals surface area contributed by atoms with Gasteiger partial charge in [0.15, 0.2) is 0 Å². The SMILES string of the molecule is CN(CCCF)CC(N)=S. The molecule has 0 aliphatic heterocycles. The van der Waals surface area contributed by atoms with E-state index in [0.717, 1.165) is 0 Å².